The lowest BCUT2D eigenvalue weighted by Crippen LogP contribution is -2.19. The number of aryl methyl sites for hydroxylation is 2. The largest absolute Gasteiger partial charge is 0.332 e. The summed E-state index contributed by atoms with van der Waals surface area (Å²) in [5.41, 5.74) is 1.71. The van der Waals surface area contributed by atoms with Gasteiger partial charge >= 0.3 is 0 Å². The molecule has 18 heavy (non-hydrogen) atoms. The monoisotopic (exact) mass is 262 g/mol. The van der Waals surface area contributed by atoms with Crippen molar-refractivity contribution in [3.8, 4) is 0 Å². The van der Waals surface area contributed by atoms with E-state index in [1.807, 2.05) is 48.9 Å². The van der Waals surface area contributed by atoms with Crippen molar-refractivity contribution in [2.75, 3.05) is 0 Å². The van der Waals surface area contributed by atoms with Crippen LogP contribution < -0.4 is 5.56 Å². The molecule has 0 amide bonds. The highest BCUT2D eigenvalue weighted by Gasteiger charge is 2.04. The summed E-state index contributed by atoms with van der Waals surface area (Å²) >= 11 is 5.96. The first-order chi connectivity index (χ1) is 8.60. The number of halogens is 1. The van der Waals surface area contributed by atoms with Crippen LogP contribution in [0.15, 0.2) is 35.3 Å². The highest BCUT2D eigenvalue weighted by atomic mass is 35.5. The van der Waals surface area contributed by atoms with Gasteiger partial charge in [0.15, 0.2) is 0 Å². The topological polar surface area (TPSA) is 34.9 Å². The second-order valence-corrected chi connectivity index (χ2v) is 4.67. The van der Waals surface area contributed by atoms with Crippen LogP contribution in [0, 0.1) is 6.92 Å². The molecule has 0 fully saturated rings. The molecule has 2 aromatic rings. The fraction of sp³-hybridized carbons (Fsp3) is 0.286. The number of rotatable bonds is 3. The van der Waals surface area contributed by atoms with E-state index in [2.05, 4.69) is 4.98 Å². The van der Waals surface area contributed by atoms with E-state index in [0.717, 1.165) is 22.0 Å². The highest BCUT2D eigenvalue weighted by molar-refractivity contribution is 6.30. The van der Waals surface area contributed by atoms with Crippen molar-refractivity contribution in [2.24, 2.45) is 0 Å². The Kier molecular flexibility index (Phi) is 3.82. The van der Waals surface area contributed by atoms with Crippen LogP contribution in [-0.4, -0.2) is 9.55 Å². The molecule has 0 aliphatic carbocycles. The van der Waals surface area contributed by atoms with E-state index < -0.39 is 0 Å². The SMILES string of the molecule is CCc1cn(Cc2cccc(Cl)c2)c(C)nc1=O. The fourth-order valence-electron chi connectivity index (χ4n) is 1.85. The molecule has 3 nitrogen and oxygen atoms in total. The first-order valence-electron chi connectivity index (χ1n) is 5.91. The van der Waals surface area contributed by atoms with E-state index in [1.54, 1.807) is 0 Å². The maximum Gasteiger partial charge on any atom is 0.276 e. The molecule has 0 radical (unpaired) electrons. The van der Waals surface area contributed by atoms with Gasteiger partial charge in [-0.05, 0) is 31.0 Å². The van der Waals surface area contributed by atoms with Gasteiger partial charge in [0, 0.05) is 23.3 Å². The van der Waals surface area contributed by atoms with E-state index in [9.17, 15) is 4.79 Å². The summed E-state index contributed by atoms with van der Waals surface area (Å²) in [6.07, 6.45) is 2.58. The van der Waals surface area contributed by atoms with Gasteiger partial charge in [0.25, 0.3) is 5.56 Å². The van der Waals surface area contributed by atoms with Gasteiger partial charge in [-0.1, -0.05) is 30.7 Å². The Labute approximate surface area is 111 Å². The summed E-state index contributed by atoms with van der Waals surface area (Å²) in [4.78, 5) is 15.6. The average Bonchev–Trinajstić information content (AvgIpc) is 2.33. The van der Waals surface area contributed by atoms with Gasteiger partial charge in [-0.2, -0.15) is 4.98 Å². The highest BCUT2D eigenvalue weighted by Crippen LogP contribution is 2.12. The molecule has 94 valence electrons. The van der Waals surface area contributed by atoms with Gasteiger partial charge in [-0.3, -0.25) is 4.79 Å². The summed E-state index contributed by atoms with van der Waals surface area (Å²) in [5, 5.41) is 0.717. The zero-order valence-electron chi connectivity index (χ0n) is 10.5. The predicted molar refractivity (Wildman–Crippen MR) is 73.2 cm³/mol. The second kappa shape index (κ2) is 5.36. The molecule has 0 bridgehead atoms. The Morgan fingerprint density at radius 1 is 1.39 bits per heavy atom. The van der Waals surface area contributed by atoms with Crippen LogP contribution in [0.2, 0.25) is 5.02 Å². The molecule has 0 saturated carbocycles. The van der Waals surface area contributed by atoms with Crippen LogP contribution in [0.3, 0.4) is 0 Å². The third kappa shape index (κ3) is 2.79. The standard InChI is InChI=1S/C14H15ClN2O/c1-3-12-9-17(10(2)16-14(12)18)8-11-5-4-6-13(15)7-11/h4-7,9H,3,8H2,1-2H3. The Morgan fingerprint density at radius 3 is 2.83 bits per heavy atom. The van der Waals surface area contributed by atoms with Crippen LogP contribution in [-0.2, 0) is 13.0 Å². The molecule has 0 spiro atoms. The lowest BCUT2D eigenvalue weighted by atomic mass is 10.2. The van der Waals surface area contributed by atoms with E-state index in [-0.39, 0.29) is 5.56 Å². The Morgan fingerprint density at radius 2 is 2.17 bits per heavy atom. The van der Waals surface area contributed by atoms with E-state index >= 15 is 0 Å². The molecule has 2 rings (SSSR count). The minimum absolute atomic E-state index is 0.127. The molecular weight excluding hydrogens is 248 g/mol. The second-order valence-electron chi connectivity index (χ2n) is 4.23. The summed E-state index contributed by atoms with van der Waals surface area (Å²) in [6.45, 7) is 4.47. The lowest BCUT2D eigenvalue weighted by Gasteiger charge is -2.11. The quantitative estimate of drug-likeness (QED) is 0.853. The van der Waals surface area contributed by atoms with Crippen molar-refractivity contribution in [1.29, 1.82) is 0 Å². The van der Waals surface area contributed by atoms with Gasteiger partial charge in [-0.25, -0.2) is 0 Å². The van der Waals surface area contributed by atoms with Crippen LogP contribution in [0.4, 0.5) is 0 Å². The lowest BCUT2D eigenvalue weighted by molar-refractivity contribution is 0.709. The first-order valence-corrected chi connectivity index (χ1v) is 6.29. The van der Waals surface area contributed by atoms with E-state index in [1.165, 1.54) is 0 Å². The predicted octanol–water partition coefficient (Wildman–Crippen LogP) is 2.82. The number of hydrogen-bond donors (Lipinski definition) is 0. The number of hydrogen-bond acceptors (Lipinski definition) is 2. The molecule has 0 unspecified atom stereocenters. The van der Waals surface area contributed by atoms with E-state index in [4.69, 9.17) is 11.6 Å². The summed E-state index contributed by atoms with van der Waals surface area (Å²) < 4.78 is 1.98. The van der Waals surface area contributed by atoms with Crippen molar-refractivity contribution in [2.45, 2.75) is 26.8 Å². The molecule has 4 heteroatoms. The van der Waals surface area contributed by atoms with Gasteiger partial charge in [0.05, 0.1) is 0 Å². The van der Waals surface area contributed by atoms with Crippen molar-refractivity contribution in [1.82, 2.24) is 9.55 Å². The third-order valence-electron chi connectivity index (χ3n) is 2.89. The molecule has 0 saturated heterocycles. The summed E-state index contributed by atoms with van der Waals surface area (Å²) in [5.74, 6) is 0.720. The number of aromatic nitrogens is 2. The molecule has 1 aromatic heterocycles. The smallest absolute Gasteiger partial charge is 0.276 e. The normalized spacial score (nSPS) is 10.6. The Hall–Kier alpha value is -1.61. The summed E-state index contributed by atoms with van der Waals surface area (Å²) in [6, 6.07) is 7.70. The van der Waals surface area contributed by atoms with Gasteiger partial charge in [0.2, 0.25) is 0 Å². The average molecular weight is 263 g/mol. The molecule has 1 heterocycles. The zero-order valence-corrected chi connectivity index (χ0v) is 11.2. The molecule has 0 aliphatic rings. The first kappa shape index (κ1) is 12.8. The van der Waals surface area contributed by atoms with Crippen molar-refractivity contribution >= 4 is 11.6 Å². The molecule has 0 atom stereocenters. The van der Waals surface area contributed by atoms with Gasteiger partial charge < -0.3 is 4.57 Å². The maximum absolute atomic E-state index is 11.6. The molecule has 0 aliphatic heterocycles. The Bertz CT molecular complexity index is 619. The maximum atomic E-state index is 11.6. The Balaban J connectivity index is 2.37. The third-order valence-corrected chi connectivity index (χ3v) is 3.12. The van der Waals surface area contributed by atoms with Gasteiger partial charge in [-0.15, -0.1) is 0 Å². The van der Waals surface area contributed by atoms with Gasteiger partial charge in [0.1, 0.15) is 5.82 Å². The minimum Gasteiger partial charge on any atom is -0.332 e. The molecule has 0 N–H and O–H groups in total. The molecule has 1 aromatic carbocycles. The van der Waals surface area contributed by atoms with Crippen molar-refractivity contribution in [3.63, 3.8) is 0 Å². The van der Waals surface area contributed by atoms with Crippen LogP contribution in [0.5, 0.6) is 0 Å². The summed E-state index contributed by atoms with van der Waals surface area (Å²) in [7, 11) is 0. The molecular formula is C14H15ClN2O. The van der Waals surface area contributed by atoms with Crippen molar-refractivity contribution in [3.05, 3.63) is 62.8 Å². The van der Waals surface area contributed by atoms with E-state index in [0.29, 0.717) is 13.0 Å². The zero-order chi connectivity index (χ0) is 13.1. The fourth-order valence-corrected chi connectivity index (χ4v) is 2.07. The van der Waals surface area contributed by atoms with Crippen molar-refractivity contribution < 1.29 is 0 Å². The van der Waals surface area contributed by atoms with Crippen LogP contribution >= 0.6 is 11.6 Å². The minimum atomic E-state index is -0.127. The number of nitrogens with zero attached hydrogens (tertiary/aromatic N) is 2. The van der Waals surface area contributed by atoms with Crippen LogP contribution in [0.1, 0.15) is 23.9 Å². The van der Waals surface area contributed by atoms with Crippen LogP contribution in [0.25, 0.3) is 0 Å². The number of benzene rings is 1.